The zero-order valence-electron chi connectivity index (χ0n) is 11.5. The first-order chi connectivity index (χ1) is 8.83. The van der Waals surface area contributed by atoms with Gasteiger partial charge in [0.25, 0.3) is 0 Å². The standard InChI is InChI=1S/C12H22N2O4S/c1-18-9-10-3-6-14(7-4-10)12(15)11(13)5-8-19(2,16)17/h3,11H,4-9,13H2,1-2H3. The summed E-state index contributed by atoms with van der Waals surface area (Å²) in [7, 11) is -1.44. The normalized spacial score (nSPS) is 18.1. The summed E-state index contributed by atoms with van der Waals surface area (Å²) in [6.45, 7) is 1.72. The smallest absolute Gasteiger partial charge is 0.239 e. The Labute approximate surface area is 114 Å². The molecule has 7 heteroatoms. The molecule has 0 saturated carbocycles. The molecular formula is C12H22N2O4S. The van der Waals surface area contributed by atoms with Gasteiger partial charge < -0.3 is 15.4 Å². The SMILES string of the molecule is COCC1=CCN(C(=O)C(N)CCS(C)(=O)=O)CC1. The van der Waals surface area contributed by atoms with Gasteiger partial charge >= 0.3 is 0 Å². The summed E-state index contributed by atoms with van der Waals surface area (Å²) >= 11 is 0. The molecule has 19 heavy (non-hydrogen) atoms. The Hall–Kier alpha value is -0.920. The van der Waals surface area contributed by atoms with Crippen molar-refractivity contribution in [2.45, 2.75) is 18.9 Å². The van der Waals surface area contributed by atoms with Crippen molar-refractivity contribution in [3.63, 3.8) is 0 Å². The molecule has 0 spiro atoms. The predicted molar refractivity (Wildman–Crippen MR) is 73.5 cm³/mol. The van der Waals surface area contributed by atoms with Crippen molar-refractivity contribution in [3.8, 4) is 0 Å². The van der Waals surface area contributed by atoms with E-state index in [2.05, 4.69) is 0 Å². The molecule has 0 aromatic rings. The molecule has 0 aliphatic carbocycles. The average molecular weight is 290 g/mol. The number of nitrogens with zero attached hydrogens (tertiary/aromatic N) is 1. The second kappa shape index (κ2) is 7.02. The van der Waals surface area contributed by atoms with Crippen LogP contribution in [0.2, 0.25) is 0 Å². The van der Waals surface area contributed by atoms with Gasteiger partial charge in [0.2, 0.25) is 5.91 Å². The lowest BCUT2D eigenvalue weighted by Crippen LogP contribution is -2.46. The van der Waals surface area contributed by atoms with E-state index >= 15 is 0 Å². The third-order valence-corrected chi connectivity index (χ3v) is 4.04. The predicted octanol–water partition coefficient (Wildman–Crippen LogP) is -0.446. The van der Waals surface area contributed by atoms with Crippen molar-refractivity contribution in [1.29, 1.82) is 0 Å². The van der Waals surface area contributed by atoms with Gasteiger partial charge in [-0.15, -0.1) is 0 Å². The molecule has 1 atom stereocenters. The van der Waals surface area contributed by atoms with Gasteiger partial charge in [0.1, 0.15) is 9.84 Å². The van der Waals surface area contributed by atoms with E-state index in [9.17, 15) is 13.2 Å². The van der Waals surface area contributed by atoms with Crippen LogP contribution in [0.5, 0.6) is 0 Å². The van der Waals surface area contributed by atoms with Crippen molar-refractivity contribution >= 4 is 15.7 Å². The minimum absolute atomic E-state index is 0.0570. The van der Waals surface area contributed by atoms with E-state index in [0.29, 0.717) is 19.7 Å². The topological polar surface area (TPSA) is 89.7 Å². The maximum atomic E-state index is 12.0. The highest BCUT2D eigenvalue weighted by molar-refractivity contribution is 7.90. The second-order valence-electron chi connectivity index (χ2n) is 4.85. The van der Waals surface area contributed by atoms with Crippen molar-refractivity contribution in [1.82, 2.24) is 4.90 Å². The van der Waals surface area contributed by atoms with Crippen molar-refractivity contribution in [3.05, 3.63) is 11.6 Å². The van der Waals surface area contributed by atoms with E-state index in [-0.39, 0.29) is 18.1 Å². The summed E-state index contributed by atoms with van der Waals surface area (Å²) in [4.78, 5) is 13.7. The second-order valence-corrected chi connectivity index (χ2v) is 7.11. The quantitative estimate of drug-likeness (QED) is 0.669. The molecule has 1 rings (SSSR count). The number of rotatable bonds is 6. The fourth-order valence-electron chi connectivity index (χ4n) is 1.93. The molecule has 0 saturated heterocycles. The van der Waals surface area contributed by atoms with Crippen LogP contribution in [0.25, 0.3) is 0 Å². The number of carbonyl (C=O) groups is 1. The van der Waals surface area contributed by atoms with E-state index in [1.807, 2.05) is 6.08 Å². The third kappa shape index (κ3) is 5.71. The van der Waals surface area contributed by atoms with Gasteiger partial charge in [-0.2, -0.15) is 0 Å². The number of nitrogens with two attached hydrogens (primary N) is 1. The first-order valence-corrected chi connectivity index (χ1v) is 8.28. The summed E-state index contributed by atoms with van der Waals surface area (Å²) in [6, 6.07) is -0.743. The molecule has 110 valence electrons. The average Bonchev–Trinajstić information content (AvgIpc) is 2.35. The fourth-order valence-corrected chi connectivity index (χ4v) is 2.61. The van der Waals surface area contributed by atoms with Gasteiger partial charge in [0.15, 0.2) is 0 Å². The Balaban J connectivity index is 2.46. The van der Waals surface area contributed by atoms with Crippen molar-refractivity contribution < 1.29 is 17.9 Å². The highest BCUT2D eigenvalue weighted by Crippen LogP contribution is 2.12. The number of amides is 1. The summed E-state index contributed by atoms with van der Waals surface area (Å²) in [5.74, 6) is -0.241. The van der Waals surface area contributed by atoms with E-state index in [1.54, 1.807) is 12.0 Å². The van der Waals surface area contributed by atoms with Crippen molar-refractivity contribution in [2.24, 2.45) is 5.73 Å². The maximum Gasteiger partial charge on any atom is 0.239 e. The molecule has 1 amide bonds. The van der Waals surface area contributed by atoms with Crippen LogP contribution in [0, 0.1) is 0 Å². The van der Waals surface area contributed by atoms with Gasteiger partial charge in [0.05, 0.1) is 18.4 Å². The fraction of sp³-hybridized carbons (Fsp3) is 0.750. The number of sulfone groups is 1. The summed E-state index contributed by atoms with van der Waals surface area (Å²) in [5.41, 5.74) is 6.92. The summed E-state index contributed by atoms with van der Waals surface area (Å²) in [6.07, 6.45) is 4.06. The molecule has 6 nitrogen and oxygen atoms in total. The molecule has 1 heterocycles. The van der Waals surface area contributed by atoms with Crippen LogP contribution < -0.4 is 5.73 Å². The van der Waals surface area contributed by atoms with E-state index in [4.69, 9.17) is 10.5 Å². The monoisotopic (exact) mass is 290 g/mol. The molecule has 1 unspecified atom stereocenters. The number of carbonyl (C=O) groups excluding carboxylic acids is 1. The lowest BCUT2D eigenvalue weighted by atomic mass is 10.1. The number of hydrogen-bond donors (Lipinski definition) is 1. The van der Waals surface area contributed by atoms with Gasteiger partial charge in [-0.3, -0.25) is 4.79 Å². The zero-order valence-corrected chi connectivity index (χ0v) is 12.3. The summed E-state index contributed by atoms with van der Waals surface area (Å²) < 4.78 is 27.1. The highest BCUT2D eigenvalue weighted by Gasteiger charge is 2.23. The van der Waals surface area contributed by atoms with Gasteiger partial charge in [-0.05, 0) is 18.4 Å². The molecule has 0 bridgehead atoms. The lowest BCUT2D eigenvalue weighted by Gasteiger charge is -2.28. The Morgan fingerprint density at radius 1 is 1.58 bits per heavy atom. The van der Waals surface area contributed by atoms with E-state index in [0.717, 1.165) is 12.7 Å². The Bertz CT molecular complexity index is 445. The zero-order chi connectivity index (χ0) is 14.5. The number of hydrogen-bond acceptors (Lipinski definition) is 5. The lowest BCUT2D eigenvalue weighted by molar-refractivity contribution is -0.132. The molecule has 1 aliphatic heterocycles. The first-order valence-electron chi connectivity index (χ1n) is 6.22. The van der Waals surface area contributed by atoms with Crippen LogP contribution >= 0.6 is 0 Å². The van der Waals surface area contributed by atoms with Crippen molar-refractivity contribution in [2.75, 3.05) is 38.8 Å². The van der Waals surface area contributed by atoms with Crippen LogP contribution in [-0.2, 0) is 19.4 Å². The number of ether oxygens (including phenoxy) is 1. The minimum atomic E-state index is -3.08. The van der Waals surface area contributed by atoms with Crippen LogP contribution in [0.15, 0.2) is 11.6 Å². The Kier molecular flexibility index (Phi) is 5.96. The largest absolute Gasteiger partial charge is 0.380 e. The molecule has 2 N–H and O–H groups in total. The summed E-state index contributed by atoms with van der Waals surface area (Å²) in [5, 5.41) is 0. The Morgan fingerprint density at radius 3 is 2.74 bits per heavy atom. The molecule has 0 aromatic heterocycles. The third-order valence-electron chi connectivity index (χ3n) is 3.06. The molecule has 0 fully saturated rings. The van der Waals surface area contributed by atoms with Crippen LogP contribution in [0.4, 0.5) is 0 Å². The van der Waals surface area contributed by atoms with Crippen LogP contribution in [0.1, 0.15) is 12.8 Å². The molecular weight excluding hydrogens is 268 g/mol. The van der Waals surface area contributed by atoms with Gasteiger partial charge in [-0.25, -0.2) is 8.42 Å². The number of methoxy groups -OCH3 is 1. The van der Waals surface area contributed by atoms with Crippen LogP contribution in [0.3, 0.4) is 0 Å². The minimum Gasteiger partial charge on any atom is -0.380 e. The maximum absolute atomic E-state index is 12.0. The van der Waals surface area contributed by atoms with E-state index < -0.39 is 15.9 Å². The van der Waals surface area contributed by atoms with Gasteiger partial charge in [-0.1, -0.05) is 6.08 Å². The Morgan fingerprint density at radius 2 is 2.26 bits per heavy atom. The molecule has 0 aromatic carbocycles. The molecule has 0 radical (unpaired) electrons. The van der Waals surface area contributed by atoms with E-state index in [1.165, 1.54) is 5.57 Å². The molecule has 1 aliphatic rings. The highest BCUT2D eigenvalue weighted by atomic mass is 32.2. The van der Waals surface area contributed by atoms with Gasteiger partial charge in [0, 0.05) is 26.5 Å². The first kappa shape index (κ1) is 16.1. The van der Waals surface area contributed by atoms with Crippen LogP contribution in [-0.4, -0.2) is 64.1 Å².